The number of nitrogen functional groups attached to an aromatic ring is 1. The van der Waals surface area contributed by atoms with E-state index >= 15 is 0 Å². The lowest BCUT2D eigenvalue weighted by Gasteiger charge is -2.05. The molecule has 1 aromatic heterocycles. The molecule has 2 rings (SSSR count). The van der Waals surface area contributed by atoms with Crippen LogP contribution in [0.3, 0.4) is 0 Å². The minimum Gasteiger partial charge on any atom is -0.375 e. The van der Waals surface area contributed by atoms with Gasteiger partial charge in [0.2, 0.25) is 15.9 Å². The zero-order valence-electron chi connectivity index (χ0n) is 11.7. The fourth-order valence-corrected chi connectivity index (χ4v) is 2.88. The van der Waals surface area contributed by atoms with Crippen LogP contribution >= 0.6 is 11.3 Å². The number of benzene rings is 1. The molecule has 0 radical (unpaired) electrons. The summed E-state index contributed by atoms with van der Waals surface area (Å²) in [5, 5.41) is 10.1. The van der Waals surface area contributed by atoms with Crippen LogP contribution in [0, 0.1) is 0 Å². The summed E-state index contributed by atoms with van der Waals surface area (Å²) in [7, 11) is -3.69. The lowest BCUT2D eigenvalue weighted by Crippen LogP contribution is -2.23. The number of thiazole rings is 1. The van der Waals surface area contributed by atoms with E-state index in [1.807, 2.05) is 5.38 Å². The number of anilines is 1. The van der Waals surface area contributed by atoms with E-state index in [4.69, 9.17) is 10.9 Å². The number of amides is 1. The van der Waals surface area contributed by atoms with Crippen LogP contribution in [0.2, 0.25) is 0 Å². The van der Waals surface area contributed by atoms with Crippen LogP contribution in [0.4, 0.5) is 5.13 Å². The quantitative estimate of drug-likeness (QED) is 0.710. The SMILES string of the molecule is Nc1nc(CCC(=O)NCc2ccc(S(N)(=O)=O)cc2)cs1. The molecule has 7 nitrogen and oxygen atoms in total. The number of carbonyl (C=O) groups excluding carboxylic acids is 1. The Kier molecular flexibility index (Phi) is 5.11. The Morgan fingerprint density at radius 1 is 1.27 bits per heavy atom. The summed E-state index contributed by atoms with van der Waals surface area (Å²) in [6.45, 7) is 0.322. The van der Waals surface area contributed by atoms with E-state index in [0.717, 1.165) is 11.3 Å². The zero-order valence-corrected chi connectivity index (χ0v) is 13.3. The lowest BCUT2D eigenvalue weighted by molar-refractivity contribution is -0.121. The van der Waals surface area contributed by atoms with Gasteiger partial charge in [-0.3, -0.25) is 4.79 Å². The maximum absolute atomic E-state index is 11.7. The summed E-state index contributed by atoms with van der Waals surface area (Å²) in [6, 6.07) is 6.05. The van der Waals surface area contributed by atoms with Crippen LogP contribution in [0.5, 0.6) is 0 Å². The molecule has 2 aromatic rings. The molecule has 0 aliphatic rings. The molecule has 0 saturated heterocycles. The molecule has 0 saturated carbocycles. The Labute approximate surface area is 132 Å². The minimum atomic E-state index is -3.69. The van der Waals surface area contributed by atoms with Crippen LogP contribution in [0.25, 0.3) is 0 Å². The molecule has 118 valence electrons. The fraction of sp³-hybridized carbons (Fsp3) is 0.231. The van der Waals surface area contributed by atoms with Gasteiger partial charge in [-0.05, 0) is 24.1 Å². The highest BCUT2D eigenvalue weighted by Gasteiger charge is 2.08. The molecule has 0 bridgehead atoms. The second kappa shape index (κ2) is 6.86. The van der Waals surface area contributed by atoms with Crippen molar-refractivity contribution in [3.63, 3.8) is 0 Å². The fourth-order valence-electron chi connectivity index (χ4n) is 1.77. The van der Waals surface area contributed by atoms with Crippen molar-refractivity contribution in [2.75, 3.05) is 5.73 Å². The third kappa shape index (κ3) is 4.79. The van der Waals surface area contributed by atoms with Crippen molar-refractivity contribution >= 4 is 32.4 Å². The maximum Gasteiger partial charge on any atom is 0.238 e. The standard InChI is InChI=1S/C13H16N4O3S2/c14-13-17-10(8-21-13)3-6-12(18)16-7-9-1-4-11(5-2-9)22(15,19)20/h1-2,4-5,8H,3,6-7H2,(H2,14,17)(H,16,18)(H2,15,19,20). The molecule has 1 heterocycles. The van der Waals surface area contributed by atoms with Crippen LogP contribution in [0.15, 0.2) is 34.5 Å². The van der Waals surface area contributed by atoms with Gasteiger partial charge < -0.3 is 11.1 Å². The number of nitrogens with one attached hydrogen (secondary N) is 1. The summed E-state index contributed by atoms with van der Waals surface area (Å²) >= 11 is 1.35. The highest BCUT2D eigenvalue weighted by molar-refractivity contribution is 7.89. The van der Waals surface area contributed by atoms with Gasteiger partial charge in [-0.25, -0.2) is 18.5 Å². The molecule has 5 N–H and O–H groups in total. The van der Waals surface area contributed by atoms with Crippen LogP contribution < -0.4 is 16.2 Å². The van der Waals surface area contributed by atoms with E-state index in [9.17, 15) is 13.2 Å². The largest absolute Gasteiger partial charge is 0.375 e. The smallest absolute Gasteiger partial charge is 0.238 e. The van der Waals surface area contributed by atoms with Gasteiger partial charge in [0.25, 0.3) is 0 Å². The molecular formula is C13H16N4O3S2. The number of rotatable bonds is 6. The van der Waals surface area contributed by atoms with Gasteiger partial charge in [0.15, 0.2) is 5.13 Å². The summed E-state index contributed by atoms with van der Waals surface area (Å²) < 4.78 is 22.3. The summed E-state index contributed by atoms with van der Waals surface area (Å²) in [4.78, 5) is 15.9. The number of hydrogen-bond acceptors (Lipinski definition) is 6. The molecule has 0 fully saturated rings. The van der Waals surface area contributed by atoms with Gasteiger partial charge in [-0.15, -0.1) is 11.3 Å². The normalized spacial score (nSPS) is 11.3. The number of hydrogen-bond donors (Lipinski definition) is 3. The van der Waals surface area contributed by atoms with Crippen LogP contribution in [0.1, 0.15) is 17.7 Å². The lowest BCUT2D eigenvalue weighted by atomic mass is 10.2. The van der Waals surface area contributed by atoms with Gasteiger partial charge in [0.1, 0.15) is 0 Å². The number of aryl methyl sites for hydroxylation is 1. The van der Waals surface area contributed by atoms with Crippen molar-refractivity contribution in [2.24, 2.45) is 5.14 Å². The van der Waals surface area contributed by atoms with E-state index in [-0.39, 0.29) is 10.8 Å². The number of nitrogens with zero attached hydrogens (tertiary/aromatic N) is 1. The maximum atomic E-state index is 11.7. The Bertz CT molecular complexity index is 754. The van der Waals surface area contributed by atoms with Crippen molar-refractivity contribution in [1.82, 2.24) is 10.3 Å². The van der Waals surface area contributed by atoms with E-state index in [2.05, 4.69) is 10.3 Å². The Balaban J connectivity index is 1.81. The second-order valence-corrected chi connectivity index (χ2v) is 7.09. The van der Waals surface area contributed by atoms with Gasteiger partial charge in [0.05, 0.1) is 10.6 Å². The Morgan fingerprint density at radius 2 is 1.95 bits per heavy atom. The molecule has 22 heavy (non-hydrogen) atoms. The van der Waals surface area contributed by atoms with Crippen molar-refractivity contribution in [3.05, 3.63) is 40.9 Å². The summed E-state index contributed by atoms with van der Waals surface area (Å²) in [5.41, 5.74) is 7.11. The molecule has 1 amide bonds. The van der Waals surface area contributed by atoms with Crippen molar-refractivity contribution in [1.29, 1.82) is 0 Å². The Hall–Kier alpha value is -1.97. The predicted octanol–water partition coefficient (Wildman–Crippen LogP) is 0.622. The van der Waals surface area contributed by atoms with E-state index in [1.54, 1.807) is 12.1 Å². The third-order valence-electron chi connectivity index (χ3n) is 2.92. The second-order valence-electron chi connectivity index (χ2n) is 4.64. The monoisotopic (exact) mass is 340 g/mol. The molecule has 0 spiro atoms. The Morgan fingerprint density at radius 3 is 2.50 bits per heavy atom. The molecule has 0 aliphatic carbocycles. The summed E-state index contributed by atoms with van der Waals surface area (Å²) in [6.07, 6.45) is 0.850. The van der Waals surface area contributed by atoms with E-state index in [0.29, 0.717) is 24.5 Å². The van der Waals surface area contributed by atoms with Crippen molar-refractivity contribution in [2.45, 2.75) is 24.3 Å². The molecule has 0 aliphatic heterocycles. The number of sulfonamides is 1. The van der Waals surface area contributed by atoms with Crippen molar-refractivity contribution in [3.8, 4) is 0 Å². The van der Waals surface area contributed by atoms with E-state index < -0.39 is 10.0 Å². The van der Waals surface area contributed by atoms with Gasteiger partial charge >= 0.3 is 0 Å². The summed E-state index contributed by atoms with van der Waals surface area (Å²) in [5.74, 6) is -0.109. The first-order valence-electron chi connectivity index (χ1n) is 6.43. The number of primary sulfonamides is 1. The first kappa shape index (κ1) is 16.4. The average Bonchev–Trinajstić information content (AvgIpc) is 2.88. The minimum absolute atomic E-state index is 0.0451. The zero-order chi connectivity index (χ0) is 16.2. The first-order valence-corrected chi connectivity index (χ1v) is 8.85. The number of carbonyl (C=O) groups is 1. The average molecular weight is 340 g/mol. The van der Waals surface area contributed by atoms with Crippen LogP contribution in [-0.2, 0) is 27.8 Å². The molecule has 0 unspecified atom stereocenters. The molecular weight excluding hydrogens is 324 g/mol. The first-order chi connectivity index (χ1) is 10.3. The molecule has 0 atom stereocenters. The van der Waals surface area contributed by atoms with Gasteiger partial charge in [-0.1, -0.05) is 12.1 Å². The van der Waals surface area contributed by atoms with E-state index in [1.165, 1.54) is 23.5 Å². The van der Waals surface area contributed by atoms with Crippen LogP contribution in [-0.4, -0.2) is 19.3 Å². The number of aromatic nitrogens is 1. The predicted molar refractivity (Wildman–Crippen MR) is 84.5 cm³/mol. The van der Waals surface area contributed by atoms with Crippen molar-refractivity contribution < 1.29 is 13.2 Å². The molecule has 9 heteroatoms. The third-order valence-corrected chi connectivity index (χ3v) is 4.57. The van der Waals surface area contributed by atoms with Gasteiger partial charge in [0, 0.05) is 18.3 Å². The van der Waals surface area contributed by atoms with Gasteiger partial charge in [-0.2, -0.15) is 0 Å². The topological polar surface area (TPSA) is 128 Å². The molecule has 1 aromatic carbocycles. The number of nitrogens with two attached hydrogens (primary N) is 2. The highest BCUT2D eigenvalue weighted by atomic mass is 32.2. The highest BCUT2D eigenvalue weighted by Crippen LogP contribution is 2.12.